The van der Waals surface area contributed by atoms with Gasteiger partial charge in [0.2, 0.25) is 0 Å². The molecule has 0 aliphatic heterocycles. The molecule has 1 atom stereocenters. The highest BCUT2D eigenvalue weighted by atomic mass is 19.2. The smallest absolute Gasteiger partial charge is 0.267 e. The Morgan fingerprint density at radius 2 is 2.05 bits per heavy atom. The number of anilines is 2. The molecule has 2 aromatic heterocycles. The second-order valence-electron chi connectivity index (χ2n) is 8.15. The van der Waals surface area contributed by atoms with Crippen LogP contribution in [0.3, 0.4) is 0 Å². The molecule has 0 spiro atoms. The Bertz CT molecular complexity index is 1650. The number of aromatic nitrogens is 4. The van der Waals surface area contributed by atoms with Crippen molar-refractivity contribution in [2.75, 3.05) is 17.6 Å². The van der Waals surface area contributed by atoms with Crippen LogP contribution in [0.4, 0.5) is 20.4 Å². The lowest BCUT2D eigenvalue weighted by Crippen LogP contribution is -2.34. The van der Waals surface area contributed by atoms with E-state index in [1.165, 1.54) is 10.7 Å². The lowest BCUT2D eigenvalue weighted by Gasteiger charge is -2.20. The van der Waals surface area contributed by atoms with Gasteiger partial charge in [-0.05, 0) is 31.2 Å². The maximum Gasteiger partial charge on any atom is 0.267 e. The van der Waals surface area contributed by atoms with Crippen LogP contribution in [0.15, 0.2) is 53.8 Å². The molecule has 0 aliphatic rings. The van der Waals surface area contributed by atoms with Gasteiger partial charge in [0, 0.05) is 25.2 Å². The van der Waals surface area contributed by atoms with E-state index >= 15 is 0 Å². The van der Waals surface area contributed by atoms with Crippen molar-refractivity contribution in [1.82, 2.24) is 24.6 Å². The van der Waals surface area contributed by atoms with Crippen LogP contribution in [0.25, 0.3) is 16.6 Å². The number of aryl methyl sites for hydroxylation is 1. The summed E-state index contributed by atoms with van der Waals surface area (Å²) in [5.74, 6) is 0.0443. The number of rotatable bonds is 7. The fourth-order valence-electron chi connectivity index (χ4n) is 4.01. The van der Waals surface area contributed by atoms with E-state index in [0.717, 1.165) is 16.7 Å². The molecule has 2 heterocycles. The summed E-state index contributed by atoms with van der Waals surface area (Å²) >= 11 is 0. The number of carbonyl (C=O) groups is 1. The molecular weight excluding hydrogens is 480 g/mol. The molecular formula is C26H23F2N7O2. The predicted octanol–water partition coefficient (Wildman–Crippen LogP) is 3.05. The van der Waals surface area contributed by atoms with Crippen LogP contribution in [0, 0.1) is 24.0 Å². The topological polar surface area (TPSA) is 120 Å². The first-order valence-electron chi connectivity index (χ1n) is 11.1. The number of carbonyl (C=O) groups excluding carboxylic acids is 1. The quantitative estimate of drug-likeness (QED) is 0.263. The molecule has 1 unspecified atom stereocenters. The van der Waals surface area contributed by atoms with E-state index in [1.54, 1.807) is 38.2 Å². The Balaban J connectivity index is 1.87. The fourth-order valence-corrected chi connectivity index (χ4v) is 4.01. The Morgan fingerprint density at radius 3 is 2.73 bits per heavy atom. The van der Waals surface area contributed by atoms with Gasteiger partial charge in [0.1, 0.15) is 17.2 Å². The summed E-state index contributed by atoms with van der Waals surface area (Å²) in [4.78, 5) is 31.5. The molecule has 2 aromatic carbocycles. The molecule has 9 nitrogen and oxygen atoms in total. The predicted molar refractivity (Wildman–Crippen MR) is 137 cm³/mol. The van der Waals surface area contributed by atoms with E-state index in [2.05, 4.69) is 33.2 Å². The summed E-state index contributed by atoms with van der Waals surface area (Å²) in [5, 5.41) is 10.0. The Hall–Kier alpha value is -4.98. The van der Waals surface area contributed by atoms with Crippen LogP contribution in [-0.4, -0.2) is 31.8 Å². The zero-order valence-corrected chi connectivity index (χ0v) is 20.0. The number of nitrogens with zero attached hydrogens (tertiary/aromatic N) is 4. The zero-order valence-electron chi connectivity index (χ0n) is 20.0. The van der Waals surface area contributed by atoms with Crippen molar-refractivity contribution in [2.45, 2.75) is 13.0 Å². The van der Waals surface area contributed by atoms with Gasteiger partial charge in [0.15, 0.2) is 17.5 Å². The molecule has 37 heavy (non-hydrogen) atoms. The molecule has 0 aliphatic carbocycles. The van der Waals surface area contributed by atoms with Crippen LogP contribution in [-0.2, 0) is 7.05 Å². The van der Waals surface area contributed by atoms with Crippen LogP contribution in [0.2, 0.25) is 0 Å². The molecule has 0 bridgehead atoms. The second-order valence-corrected chi connectivity index (χ2v) is 8.15. The van der Waals surface area contributed by atoms with Crippen molar-refractivity contribution in [1.29, 1.82) is 0 Å². The molecule has 4 aromatic rings. The largest absolute Gasteiger partial charge is 0.381 e. The number of hydrogen-bond donors (Lipinski definition) is 3. The van der Waals surface area contributed by atoms with Crippen LogP contribution in [0.5, 0.6) is 0 Å². The van der Waals surface area contributed by atoms with Crippen LogP contribution in [0.1, 0.15) is 34.7 Å². The number of nitrogens with one attached hydrogen (secondary N) is 2. The van der Waals surface area contributed by atoms with Gasteiger partial charge in [-0.15, -0.1) is 13.0 Å². The van der Waals surface area contributed by atoms with Crippen molar-refractivity contribution >= 4 is 28.4 Å². The van der Waals surface area contributed by atoms with Gasteiger partial charge in [-0.25, -0.2) is 13.8 Å². The Morgan fingerprint density at radius 1 is 1.30 bits per heavy atom. The summed E-state index contributed by atoms with van der Waals surface area (Å²) < 4.78 is 30.4. The van der Waals surface area contributed by atoms with Crippen molar-refractivity contribution in [3.63, 3.8) is 0 Å². The van der Waals surface area contributed by atoms with Gasteiger partial charge in [0.25, 0.3) is 11.5 Å². The molecule has 1 amide bonds. The monoisotopic (exact) mass is 503 g/mol. The summed E-state index contributed by atoms with van der Waals surface area (Å²) in [6, 6.07) is 6.94. The summed E-state index contributed by atoms with van der Waals surface area (Å²) in [5.41, 5.74) is 6.05. The molecule has 188 valence electrons. The lowest BCUT2D eigenvalue weighted by atomic mass is 10.1. The fraction of sp³-hybridized carbons (Fsp3) is 0.154. The zero-order chi connectivity index (χ0) is 26.9. The summed E-state index contributed by atoms with van der Waals surface area (Å²) in [7, 11) is 1.62. The van der Waals surface area contributed by atoms with Crippen molar-refractivity contribution in [3.8, 4) is 18.0 Å². The van der Waals surface area contributed by atoms with E-state index < -0.39 is 29.1 Å². The summed E-state index contributed by atoms with van der Waals surface area (Å²) in [6.07, 6.45) is 7.19. The first kappa shape index (κ1) is 25.1. The van der Waals surface area contributed by atoms with Crippen molar-refractivity contribution in [3.05, 3.63) is 88.0 Å². The highest BCUT2D eigenvalue weighted by Gasteiger charge is 2.26. The standard InChI is InChI=1S/C26H23F2N7O2/c1-5-12-30-24-21(22(29)33-34(24)4)25(36)31-14(3)23-32-19-9-7-8-15(6-2)20(19)26(37)35(23)16-10-11-17(27)18(28)13-16/h2,5,7-11,13-14,30H,1,12H2,3-4H3,(H2,29,33)(H,31,36). The van der Waals surface area contributed by atoms with E-state index in [-0.39, 0.29) is 39.4 Å². The van der Waals surface area contributed by atoms with Gasteiger partial charge in [-0.1, -0.05) is 18.1 Å². The maximum atomic E-state index is 14.2. The molecule has 0 saturated carbocycles. The first-order chi connectivity index (χ1) is 17.7. The number of benzene rings is 2. The number of terminal acetylenes is 1. The van der Waals surface area contributed by atoms with Gasteiger partial charge in [-0.2, -0.15) is 5.10 Å². The lowest BCUT2D eigenvalue weighted by molar-refractivity contribution is 0.0939. The molecule has 4 N–H and O–H groups in total. The molecule has 4 rings (SSSR count). The Kier molecular flexibility index (Phi) is 6.75. The van der Waals surface area contributed by atoms with Crippen molar-refractivity contribution < 1.29 is 13.6 Å². The third kappa shape index (κ3) is 4.52. The molecule has 0 fully saturated rings. The number of amides is 1. The minimum atomic E-state index is -1.15. The average Bonchev–Trinajstić information content (AvgIpc) is 3.16. The SMILES string of the molecule is C#Cc1cccc2nc(C(C)NC(=O)c3c(N)nn(C)c3NCC=C)n(-c3ccc(F)c(F)c3)c(=O)c12. The molecule has 0 saturated heterocycles. The van der Waals surface area contributed by atoms with Crippen LogP contribution >= 0.6 is 0 Å². The van der Waals surface area contributed by atoms with E-state index in [9.17, 15) is 18.4 Å². The molecule has 11 heteroatoms. The number of hydrogen-bond acceptors (Lipinski definition) is 6. The minimum Gasteiger partial charge on any atom is -0.381 e. The van der Waals surface area contributed by atoms with E-state index in [1.807, 2.05) is 0 Å². The number of nitrogens with two attached hydrogens (primary N) is 1. The minimum absolute atomic E-state index is 0.00968. The van der Waals surface area contributed by atoms with E-state index in [0.29, 0.717) is 12.4 Å². The normalized spacial score (nSPS) is 11.6. The first-order valence-corrected chi connectivity index (χ1v) is 11.1. The van der Waals surface area contributed by atoms with Gasteiger partial charge >= 0.3 is 0 Å². The third-order valence-corrected chi connectivity index (χ3v) is 5.69. The summed E-state index contributed by atoms with van der Waals surface area (Å²) in [6.45, 7) is 5.59. The third-order valence-electron chi connectivity index (χ3n) is 5.69. The Labute approximate surface area is 210 Å². The average molecular weight is 504 g/mol. The number of fused-ring (bicyclic) bond motifs is 1. The maximum absolute atomic E-state index is 14.2. The highest BCUT2D eigenvalue weighted by molar-refractivity contribution is 6.03. The number of nitrogen functional groups attached to an aromatic ring is 1. The molecule has 0 radical (unpaired) electrons. The van der Waals surface area contributed by atoms with E-state index in [4.69, 9.17) is 12.2 Å². The second kappa shape index (κ2) is 9.94. The van der Waals surface area contributed by atoms with Crippen LogP contribution < -0.4 is 21.9 Å². The highest BCUT2D eigenvalue weighted by Crippen LogP contribution is 2.24. The van der Waals surface area contributed by atoms with Gasteiger partial charge < -0.3 is 16.4 Å². The van der Waals surface area contributed by atoms with Gasteiger partial charge in [0.05, 0.1) is 22.6 Å². The van der Waals surface area contributed by atoms with Crippen molar-refractivity contribution in [2.24, 2.45) is 7.05 Å². The van der Waals surface area contributed by atoms with Gasteiger partial charge in [-0.3, -0.25) is 18.8 Å². The number of halogens is 2.